The van der Waals surface area contributed by atoms with Crippen LogP contribution in [0.4, 0.5) is 17.7 Å². The van der Waals surface area contributed by atoms with E-state index >= 15 is 0 Å². The lowest BCUT2D eigenvalue weighted by Crippen LogP contribution is -2.41. The van der Waals surface area contributed by atoms with Crippen molar-refractivity contribution in [3.05, 3.63) is 18.5 Å². The number of anilines is 3. The molecule has 0 saturated carbocycles. The Hall–Kier alpha value is -2.52. The van der Waals surface area contributed by atoms with Crippen LogP contribution < -0.4 is 15.5 Å². The van der Waals surface area contributed by atoms with Gasteiger partial charge in [-0.15, -0.1) is 0 Å². The van der Waals surface area contributed by atoms with Crippen molar-refractivity contribution < 1.29 is 4.74 Å². The normalized spacial score (nSPS) is 31.1. The minimum Gasteiger partial charge on any atom is -0.374 e. The third-order valence-electron chi connectivity index (χ3n) is 6.71. The zero-order valence-electron chi connectivity index (χ0n) is 16.6. The van der Waals surface area contributed by atoms with Gasteiger partial charge in [-0.2, -0.15) is 4.98 Å². The number of hydrogen-bond donors (Lipinski definition) is 1. The highest BCUT2D eigenvalue weighted by Gasteiger charge is 2.41. The predicted octanol–water partition coefficient (Wildman–Crippen LogP) is 0.634. The maximum absolute atomic E-state index is 5.80. The first-order chi connectivity index (χ1) is 14.1. The average Bonchev–Trinajstić information content (AvgIpc) is 3.42. The van der Waals surface area contributed by atoms with Gasteiger partial charge in [0.2, 0.25) is 11.9 Å². The monoisotopic (exact) mass is 394 g/mol. The van der Waals surface area contributed by atoms with Gasteiger partial charge in [0.05, 0.1) is 24.4 Å². The maximum atomic E-state index is 5.80. The van der Waals surface area contributed by atoms with Gasteiger partial charge in [-0.05, 0) is 25.8 Å². The molecule has 9 heteroatoms. The number of nitrogens with two attached hydrogens (primary N) is 1. The van der Waals surface area contributed by atoms with E-state index in [0.29, 0.717) is 24.1 Å². The van der Waals surface area contributed by atoms with Gasteiger partial charge in [-0.3, -0.25) is 0 Å². The maximum Gasteiger partial charge on any atom is 0.228 e. The number of piperidine rings is 1. The summed E-state index contributed by atoms with van der Waals surface area (Å²) in [6.07, 6.45) is 6.11. The molecule has 6 heterocycles. The van der Waals surface area contributed by atoms with Gasteiger partial charge in [-0.25, -0.2) is 15.0 Å². The SMILES string of the molecule is CN1C[C@@H]2C[C@@H](C1)N(c1nc(-c3cnc(N)nc3)cc(N3C[C@@H]4C[C@H]3CO4)n1)C2. The van der Waals surface area contributed by atoms with E-state index < -0.39 is 0 Å². The van der Waals surface area contributed by atoms with E-state index in [4.69, 9.17) is 20.4 Å². The Balaban J connectivity index is 1.41. The Morgan fingerprint density at radius 2 is 1.86 bits per heavy atom. The molecule has 4 saturated heterocycles. The van der Waals surface area contributed by atoms with Crippen LogP contribution in [0, 0.1) is 5.92 Å². The first-order valence-corrected chi connectivity index (χ1v) is 10.4. The van der Waals surface area contributed by atoms with E-state index in [0.717, 1.165) is 62.2 Å². The molecule has 4 bridgehead atoms. The van der Waals surface area contributed by atoms with Gasteiger partial charge >= 0.3 is 0 Å². The summed E-state index contributed by atoms with van der Waals surface area (Å²) in [7, 11) is 2.21. The summed E-state index contributed by atoms with van der Waals surface area (Å²) in [4.78, 5) is 25.5. The third-order valence-corrected chi connectivity index (χ3v) is 6.71. The zero-order valence-corrected chi connectivity index (χ0v) is 16.6. The van der Waals surface area contributed by atoms with E-state index in [1.165, 1.54) is 6.42 Å². The van der Waals surface area contributed by atoms with Crippen LogP contribution in [0.5, 0.6) is 0 Å². The lowest BCUT2D eigenvalue weighted by molar-refractivity contribution is 0.0989. The number of likely N-dealkylation sites (N-methyl/N-ethyl adjacent to an activating group) is 1. The van der Waals surface area contributed by atoms with Crippen molar-refractivity contribution in [1.29, 1.82) is 0 Å². The van der Waals surface area contributed by atoms with Crippen LogP contribution in [0.2, 0.25) is 0 Å². The van der Waals surface area contributed by atoms with Crippen molar-refractivity contribution in [2.75, 3.05) is 55.4 Å². The summed E-state index contributed by atoms with van der Waals surface area (Å²) in [5.41, 5.74) is 7.40. The highest BCUT2D eigenvalue weighted by atomic mass is 16.5. The molecule has 2 aromatic rings. The summed E-state index contributed by atoms with van der Waals surface area (Å²) in [5, 5.41) is 0. The summed E-state index contributed by atoms with van der Waals surface area (Å²) >= 11 is 0. The first-order valence-electron chi connectivity index (χ1n) is 10.4. The Morgan fingerprint density at radius 1 is 1.00 bits per heavy atom. The van der Waals surface area contributed by atoms with Crippen LogP contribution in [-0.2, 0) is 4.74 Å². The van der Waals surface area contributed by atoms with Gasteiger partial charge in [-0.1, -0.05) is 0 Å². The molecule has 4 aliphatic rings. The molecule has 0 aromatic carbocycles. The standard InChI is InChI=1S/C20H26N8O/c1-26-7-12-2-14(9-26)28(8-12)20-24-17(13-5-22-19(21)23-6-13)4-18(25-20)27-10-16-3-15(27)11-29-16/h4-6,12,14-16H,2-3,7-11H2,1H3,(H2,21,22,23)/t12-,14-,15-,16-/m0/s1. The number of likely N-dealkylation sites (tertiary alicyclic amines) is 1. The molecular formula is C20H26N8O. The molecule has 0 spiro atoms. The molecule has 4 atom stereocenters. The van der Waals surface area contributed by atoms with Gasteiger partial charge in [0.15, 0.2) is 0 Å². The molecule has 0 unspecified atom stereocenters. The lowest BCUT2D eigenvalue weighted by Gasteiger charge is -2.31. The predicted molar refractivity (Wildman–Crippen MR) is 110 cm³/mol. The minimum absolute atomic E-state index is 0.272. The quantitative estimate of drug-likeness (QED) is 0.804. The van der Waals surface area contributed by atoms with Crippen molar-refractivity contribution in [3.63, 3.8) is 0 Å². The third kappa shape index (κ3) is 3.00. The number of hydrogen-bond acceptors (Lipinski definition) is 9. The summed E-state index contributed by atoms with van der Waals surface area (Å²) in [6.45, 7) is 4.91. The molecule has 9 nitrogen and oxygen atoms in total. The van der Waals surface area contributed by atoms with E-state index in [1.54, 1.807) is 12.4 Å². The number of fused-ring (bicyclic) bond motifs is 4. The summed E-state index contributed by atoms with van der Waals surface area (Å²) < 4.78 is 5.80. The van der Waals surface area contributed by atoms with Crippen LogP contribution in [0.1, 0.15) is 12.8 Å². The van der Waals surface area contributed by atoms with Crippen molar-refractivity contribution in [3.8, 4) is 11.3 Å². The van der Waals surface area contributed by atoms with E-state index in [-0.39, 0.29) is 5.95 Å². The van der Waals surface area contributed by atoms with Crippen LogP contribution in [-0.4, -0.2) is 82.9 Å². The number of nitrogens with zero attached hydrogens (tertiary/aromatic N) is 7. The average molecular weight is 394 g/mol. The van der Waals surface area contributed by atoms with Crippen LogP contribution in [0.3, 0.4) is 0 Å². The zero-order chi connectivity index (χ0) is 19.5. The molecule has 0 amide bonds. The van der Waals surface area contributed by atoms with Crippen molar-refractivity contribution in [2.24, 2.45) is 5.92 Å². The fourth-order valence-electron chi connectivity index (χ4n) is 5.44. The van der Waals surface area contributed by atoms with Crippen LogP contribution in [0.25, 0.3) is 11.3 Å². The Morgan fingerprint density at radius 3 is 2.62 bits per heavy atom. The number of morpholine rings is 1. The molecule has 29 heavy (non-hydrogen) atoms. The van der Waals surface area contributed by atoms with E-state index in [1.807, 2.05) is 0 Å². The molecule has 0 aliphatic carbocycles. The second kappa shape index (κ2) is 6.50. The Kier molecular flexibility index (Phi) is 3.89. The van der Waals surface area contributed by atoms with Gasteiger partial charge in [0.25, 0.3) is 0 Å². The molecule has 4 fully saturated rings. The van der Waals surface area contributed by atoms with Gasteiger partial charge in [0.1, 0.15) is 5.82 Å². The number of rotatable bonds is 3. The topological polar surface area (TPSA) is 96.5 Å². The second-order valence-corrected chi connectivity index (χ2v) is 8.87. The smallest absolute Gasteiger partial charge is 0.228 e. The molecule has 152 valence electrons. The lowest BCUT2D eigenvalue weighted by atomic mass is 10.0. The first kappa shape index (κ1) is 17.3. The van der Waals surface area contributed by atoms with E-state index in [9.17, 15) is 0 Å². The molecule has 6 rings (SSSR count). The number of ether oxygens (including phenoxy) is 1. The van der Waals surface area contributed by atoms with Gasteiger partial charge < -0.3 is 25.2 Å². The summed E-state index contributed by atoms with van der Waals surface area (Å²) in [6, 6.07) is 2.94. The fourth-order valence-corrected chi connectivity index (χ4v) is 5.44. The highest BCUT2D eigenvalue weighted by molar-refractivity contribution is 5.65. The van der Waals surface area contributed by atoms with E-state index in [2.05, 4.69) is 37.8 Å². The van der Waals surface area contributed by atoms with Crippen molar-refractivity contribution in [1.82, 2.24) is 24.8 Å². The molecule has 4 aliphatic heterocycles. The molecule has 0 radical (unpaired) electrons. The number of aromatic nitrogens is 4. The molecule has 2 N–H and O–H groups in total. The van der Waals surface area contributed by atoms with Crippen molar-refractivity contribution in [2.45, 2.75) is 31.0 Å². The van der Waals surface area contributed by atoms with Crippen molar-refractivity contribution >= 4 is 17.7 Å². The molecular weight excluding hydrogens is 368 g/mol. The second-order valence-electron chi connectivity index (χ2n) is 8.87. The minimum atomic E-state index is 0.272. The fraction of sp³-hybridized carbons (Fsp3) is 0.600. The van der Waals surface area contributed by atoms with Gasteiger partial charge in [0, 0.05) is 56.2 Å². The highest BCUT2D eigenvalue weighted by Crippen LogP contribution is 2.36. The Bertz CT molecular complexity index is 921. The molecule has 2 aromatic heterocycles. The number of nitrogen functional groups attached to an aromatic ring is 1. The van der Waals surface area contributed by atoms with Crippen LogP contribution in [0.15, 0.2) is 18.5 Å². The Labute approximate surface area is 169 Å². The summed E-state index contributed by atoms with van der Waals surface area (Å²) in [5.74, 6) is 2.76. The largest absolute Gasteiger partial charge is 0.374 e. The van der Waals surface area contributed by atoms with Crippen LogP contribution >= 0.6 is 0 Å².